The molecule has 0 atom stereocenters. The van der Waals surface area contributed by atoms with Crippen molar-refractivity contribution in [3.05, 3.63) is 36.9 Å². The topological polar surface area (TPSA) is 51.6 Å². The molecule has 6 heteroatoms. The van der Waals surface area contributed by atoms with Crippen LogP contribution in [0.2, 0.25) is 0 Å². The lowest BCUT2D eigenvalue weighted by Gasteiger charge is -1.97. The van der Waals surface area contributed by atoms with Crippen LogP contribution in [0.5, 0.6) is 0 Å². The van der Waals surface area contributed by atoms with Crippen molar-refractivity contribution in [2.75, 3.05) is 0 Å². The summed E-state index contributed by atoms with van der Waals surface area (Å²) in [7, 11) is 0. The van der Waals surface area contributed by atoms with Gasteiger partial charge in [-0.1, -0.05) is 0 Å². The zero-order chi connectivity index (χ0) is 9.80. The maximum atomic E-state index is 12.7. The molecule has 0 radical (unpaired) electrons. The molecule has 4 nitrogen and oxygen atoms in total. The van der Waals surface area contributed by atoms with E-state index < -0.39 is 5.95 Å². The minimum absolute atomic E-state index is 0.512. The summed E-state index contributed by atoms with van der Waals surface area (Å²) in [6.07, 6.45) is 5.91. The van der Waals surface area contributed by atoms with E-state index >= 15 is 0 Å². The fourth-order valence-electron chi connectivity index (χ4n) is 0.818. The van der Waals surface area contributed by atoms with Gasteiger partial charge in [-0.15, -0.1) is 0 Å². The minimum atomic E-state index is -0.550. The van der Waals surface area contributed by atoms with Crippen molar-refractivity contribution in [3.63, 3.8) is 0 Å². The molecular formula is C8H5FN4S. The molecule has 0 aromatic carbocycles. The number of hydrogen-bond donors (Lipinski definition) is 0. The molecule has 0 spiro atoms. The molecule has 0 aliphatic heterocycles. The number of nitrogens with zero attached hydrogens (tertiary/aromatic N) is 4. The molecular weight excluding hydrogens is 203 g/mol. The van der Waals surface area contributed by atoms with Crippen LogP contribution in [0.25, 0.3) is 0 Å². The Morgan fingerprint density at radius 2 is 2.00 bits per heavy atom. The lowest BCUT2D eigenvalue weighted by atomic mass is 10.7. The van der Waals surface area contributed by atoms with E-state index in [-0.39, 0.29) is 0 Å². The van der Waals surface area contributed by atoms with E-state index in [1.54, 1.807) is 18.6 Å². The van der Waals surface area contributed by atoms with Gasteiger partial charge in [-0.2, -0.15) is 4.39 Å². The fraction of sp³-hybridized carbons (Fsp3) is 0. The molecule has 2 heterocycles. The zero-order valence-corrected chi connectivity index (χ0v) is 7.78. The molecule has 0 amide bonds. The standard InChI is InChI=1S/C8H5FN4S/c9-6-3-7(13-5-12-6)14-8-4-10-1-2-11-8/h1-5H. The number of halogens is 1. The summed E-state index contributed by atoms with van der Waals surface area (Å²) in [4.78, 5) is 15.1. The summed E-state index contributed by atoms with van der Waals surface area (Å²) in [6, 6.07) is 1.25. The van der Waals surface area contributed by atoms with Gasteiger partial charge in [0.15, 0.2) is 0 Å². The summed E-state index contributed by atoms with van der Waals surface area (Å²) in [5, 5.41) is 1.18. The van der Waals surface area contributed by atoms with Crippen molar-refractivity contribution < 1.29 is 4.39 Å². The van der Waals surface area contributed by atoms with Crippen LogP contribution in [0.15, 0.2) is 41.0 Å². The Morgan fingerprint density at radius 1 is 1.07 bits per heavy atom. The predicted molar refractivity (Wildman–Crippen MR) is 48.1 cm³/mol. The van der Waals surface area contributed by atoms with E-state index in [9.17, 15) is 4.39 Å². The van der Waals surface area contributed by atoms with Gasteiger partial charge < -0.3 is 0 Å². The number of rotatable bonds is 2. The van der Waals surface area contributed by atoms with Gasteiger partial charge in [-0.25, -0.2) is 15.0 Å². The molecule has 0 saturated heterocycles. The average Bonchev–Trinajstić information content (AvgIpc) is 2.19. The zero-order valence-electron chi connectivity index (χ0n) is 6.96. The Hall–Kier alpha value is -1.56. The van der Waals surface area contributed by atoms with Crippen LogP contribution in [-0.4, -0.2) is 19.9 Å². The molecule has 2 aromatic rings. The first kappa shape index (κ1) is 9.01. The smallest absolute Gasteiger partial charge is 0.217 e. The maximum absolute atomic E-state index is 12.7. The van der Waals surface area contributed by atoms with Crippen molar-refractivity contribution in [3.8, 4) is 0 Å². The largest absolute Gasteiger partial charge is 0.260 e. The van der Waals surface area contributed by atoms with Crippen LogP contribution >= 0.6 is 11.8 Å². The van der Waals surface area contributed by atoms with Crippen molar-refractivity contribution in [1.29, 1.82) is 0 Å². The molecule has 70 valence electrons. The molecule has 0 aliphatic rings. The van der Waals surface area contributed by atoms with Gasteiger partial charge in [-0.05, 0) is 11.8 Å². The van der Waals surface area contributed by atoms with Crippen molar-refractivity contribution in [2.24, 2.45) is 0 Å². The third kappa shape index (κ3) is 2.23. The summed E-state index contributed by atoms with van der Waals surface area (Å²) >= 11 is 1.24. The van der Waals surface area contributed by atoms with Gasteiger partial charge in [0.2, 0.25) is 5.95 Å². The maximum Gasteiger partial charge on any atom is 0.217 e. The van der Waals surface area contributed by atoms with E-state index in [2.05, 4.69) is 19.9 Å². The fourth-order valence-corrected chi connectivity index (χ4v) is 1.52. The van der Waals surface area contributed by atoms with Crippen LogP contribution in [0, 0.1) is 5.95 Å². The first-order valence-corrected chi connectivity index (χ1v) is 4.57. The Kier molecular flexibility index (Phi) is 2.64. The highest BCUT2D eigenvalue weighted by molar-refractivity contribution is 7.99. The first-order valence-electron chi connectivity index (χ1n) is 3.76. The molecule has 0 saturated carbocycles. The normalized spacial score (nSPS) is 10.1. The van der Waals surface area contributed by atoms with Gasteiger partial charge in [0.1, 0.15) is 16.4 Å². The summed E-state index contributed by atoms with van der Waals surface area (Å²) in [5.74, 6) is -0.550. The Balaban J connectivity index is 2.19. The molecule has 0 bridgehead atoms. The molecule has 2 rings (SSSR count). The Bertz CT molecular complexity index is 423. The number of hydrogen-bond acceptors (Lipinski definition) is 5. The summed E-state index contributed by atoms with van der Waals surface area (Å²) < 4.78 is 12.7. The second-order valence-electron chi connectivity index (χ2n) is 2.32. The van der Waals surface area contributed by atoms with Crippen LogP contribution in [0.1, 0.15) is 0 Å². The van der Waals surface area contributed by atoms with Gasteiger partial charge in [0.25, 0.3) is 0 Å². The van der Waals surface area contributed by atoms with Crippen molar-refractivity contribution >= 4 is 11.8 Å². The highest BCUT2D eigenvalue weighted by atomic mass is 32.2. The third-order valence-electron chi connectivity index (χ3n) is 1.36. The molecule has 0 unspecified atom stereocenters. The van der Waals surface area contributed by atoms with E-state index in [1.807, 2.05) is 0 Å². The van der Waals surface area contributed by atoms with Crippen LogP contribution in [-0.2, 0) is 0 Å². The average molecular weight is 208 g/mol. The van der Waals surface area contributed by atoms with E-state index in [4.69, 9.17) is 0 Å². The summed E-state index contributed by atoms with van der Waals surface area (Å²) in [6.45, 7) is 0. The Labute approximate surface area is 83.7 Å². The van der Waals surface area contributed by atoms with E-state index in [1.165, 1.54) is 24.2 Å². The van der Waals surface area contributed by atoms with Gasteiger partial charge in [0.05, 0.1) is 6.20 Å². The highest BCUT2D eigenvalue weighted by Crippen LogP contribution is 2.22. The predicted octanol–water partition coefficient (Wildman–Crippen LogP) is 1.56. The van der Waals surface area contributed by atoms with Gasteiger partial charge in [-0.3, -0.25) is 4.98 Å². The first-order chi connectivity index (χ1) is 6.84. The lowest BCUT2D eigenvalue weighted by Crippen LogP contribution is -1.87. The second-order valence-corrected chi connectivity index (χ2v) is 3.37. The molecule has 14 heavy (non-hydrogen) atoms. The van der Waals surface area contributed by atoms with Crippen molar-refractivity contribution in [2.45, 2.75) is 10.1 Å². The molecule has 2 aromatic heterocycles. The monoisotopic (exact) mass is 208 g/mol. The molecule has 0 aliphatic carbocycles. The molecule has 0 fully saturated rings. The lowest BCUT2D eigenvalue weighted by molar-refractivity contribution is 0.572. The quantitative estimate of drug-likeness (QED) is 0.701. The summed E-state index contributed by atoms with van der Waals surface area (Å²) in [5.41, 5.74) is 0. The minimum Gasteiger partial charge on any atom is -0.260 e. The van der Waals surface area contributed by atoms with E-state index in [0.717, 1.165) is 0 Å². The molecule has 0 N–H and O–H groups in total. The Morgan fingerprint density at radius 3 is 2.71 bits per heavy atom. The highest BCUT2D eigenvalue weighted by Gasteiger charge is 2.01. The SMILES string of the molecule is Fc1cc(Sc2cnccn2)ncn1. The second kappa shape index (κ2) is 4.10. The van der Waals surface area contributed by atoms with E-state index in [0.29, 0.717) is 10.1 Å². The van der Waals surface area contributed by atoms with Gasteiger partial charge >= 0.3 is 0 Å². The van der Waals surface area contributed by atoms with Crippen LogP contribution in [0.4, 0.5) is 4.39 Å². The van der Waals surface area contributed by atoms with Crippen LogP contribution < -0.4 is 0 Å². The number of aromatic nitrogens is 4. The van der Waals surface area contributed by atoms with Crippen molar-refractivity contribution in [1.82, 2.24) is 19.9 Å². The third-order valence-corrected chi connectivity index (χ3v) is 2.21. The van der Waals surface area contributed by atoms with Crippen LogP contribution in [0.3, 0.4) is 0 Å². The van der Waals surface area contributed by atoms with Gasteiger partial charge in [0, 0.05) is 18.5 Å².